The molecule has 3 aromatic carbocycles. The quantitative estimate of drug-likeness (QED) is 0.474. The van der Waals surface area contributed by atoms with Crippen LogP contribution >= 0.6 is 23.2 Å². The van der Waals surface area contributed by atoms with Gasteiger partial charge in [0.1, 0.15) is 6.61 Å². The number of para-hydroxylation sites is 1. The topological polar surface area (TPSA) is 42.5 Å². The molecule has 6 heteroatoms. The third-order valence-corrected chi connectivity index (χ3v) is 4.51. The zero-order valence-electron chi connectivity index (χ0n) is 14.8. The highest BCUT2D eigenvalue weighted by atomic mass is 35.5. The standard InChI is InChI=1S/C21H20Cl2N2O2/c1-26-21-11-15(13-24-25-18-5-3-2-4-6-18)7-10-20(21)27-14-16-8-9-17(22)12-19(16)23/h2-12,24-25H,13-14H2,1H3. The summed E-state index contributed by atoms with van der Waals surface area (Å²) in [6, 6.07) is 21.1. The first kappa shape index (κ1) is 19.4. The van der Waals surface area contributed by atoms with Gasteiger partial charge in [0, 0.05) is 27.8 Å². The van der Waals surface area contributed by atoms with Crippen molar-refractivity contribution in [2.75, 3.05) is 12.5 Å². The van der Waals surface area contributed by atoms with Crippen LogP contribution in [0, 0.1) is 0 Å². The number of halogens is 2. The monoisotopic (exact) mass is 402 g/mol. The van der Waals surface area contributed by atoms with E-state index in [1.807, 2.05) is 54.6 Å². The lowest BCUT2D eigenvalue weighted by molar-refractivity contribution is 0.284. The molecule has 0 aliphatic rings. The Balaban J connectivity index is 1.60. The van der Waals surface area contributed by atoms with Gasteiger partial charge in [0.05, 0.1) is 7.11 Å². The SMILES string of the molecule is COc1cc(CNNc2ccccc2)ccc1OCc1ccc(Cl)cc1Cl. The van der Waals surface area contributed by atoms with E-state index in [1.165, 1.54) is 0 Å². The molecule has 0 bridgehead atoms. The summed E-state index contributed by atoms with van der Waals surface area (Å²) >= 11 is 12.1. The lowest BCUT2D eigenvalue weighted by atomic mass is 10.2. The second-order valence-corrected chi connectivity index (χ2v) is 6.70. The van der Waals surface area contributed by atoms with Gasteiger partial charge >= 0.3 is 0 Å². The Morgan fingerprint density at radius 3 is 2.44 bits per heavy atom. The Morgan fingerprint density at radius 1 is 0.889 bits per heavy atom. The van der Waals surface area contributed by atoms with Crippen LogP contribution in [0.2, 0.25) is 10.0 Å². The molecular formula is C21H20Cl2N2O2. The summed E-state index contributed by atoms with van der Waals surface area (Å²) in [6.07, 6.45) is 0. The third kappa shape index (κ3) is 5.54. The van der Waals surface area contributed by atoms with Crippen LogP contribution < -0.4 is 20.3 Å². The molecule has 0 amide bonds. The van der Waals surface area contributed by atoms with Crippen molar-refractivity contribution in [1.29, 1.82) is 0 Å². The number of anilines is 1. The molecule has 0 aliphatic heterocycles. The van der Waals surface area contributed by atoms with E-state index in [0.717, 1.165) is 16.8 Å². The number of nitrogens with one attached hydrogen (secondary N) is 2. The van der Waals surface area contributed by atoms with Crippen molar-refractivity contribution >= 4 is 28.9 Å². The Hall–Kier alpha value is -2.40. The summed E-state index contributed by atoms with van der Waals surface area (Å²) in [6.45, 7) is 0.966. The van der Waals surface area contributed by atoms with Gasteiger partial charge in [-0.05, 0) is 42.0 Å². The highest BCUT2D eigenvalue weighted by Gasteiger charge is 2.08. The molecule has 0 saturated heterocycles. The van der Waals surface area contributed by atoms with Crippen LogP contribution in [0.5, 0.6) is 11.5 Å². The molecule has 140 valence electrons. The maximum Gasteiger partial charge on any atom is 0.161 e. The lowest BCUT2D eigenvalue weighted by Gasteiger charge is -2.14. The Bertz CT molecular complexity index is 889. The molecule has 3 rings (SSSR count). The fourth-order valence-electron chi connectivity index (χ4n) is 2.51. The molecule has 0 atom stereocenters. The van der Waals surface area contributed by atoms with Crippen molar-refractivity contribution in [2.45, 2.75) is 13.2 Å². The molecule has 0 heterocycles. The van der Waals surface area contributed by atoms with Gasteiger partial charge in [0.15, 0.2) is 11.5 Å². The van der Waals surface area contributed by atoms with Crippen molar-refractivity contribution in [3.05, 3.63) is 87.9 Å². The van der Waals surface area contributed by atoms with Crippen molar-refractivity contribution < 1.29 is 9.47 Å². The number of hydrogen-bond donors (Lipinski definition) is 2. The van der Waals surface area contributed by atoms with Gasteiger partial charge in [-0.15, -0.1) is 0 Å². The van der Waals surface area contributed by atoms with E-state index in [2.05, 4.69) is 10.9 Å². The van der Waals surface area contributed by atoms with E-state index < -0.39 is 0 Å². The van der Waals surface area contributed by atoms with Gasteiger partial charge < -0.3 is 14.9 Å². The molecule has 3 aromatic rings. The summed E-state index contributed by atoms with van der Waals surface area (Å²) in [5, 5.41) is 1.18. The van der Waals surface area contributed by atoms with E-state index in [0.29, 0.717) is 34.7 Å². The lowest BCUT2D eigenvalue weighted by Crippen LogP contribution is -2.20. The van der Waals surface area contributed by atoms with Gasteiger partial charge in [0.2, 0.25) is 0 Å². The number of rotatable bonds is 8. The second-order valence-electron chi connectivity index (χ2n) is 5.85. The van der Waals surface area contributed by atoms with Crippen LogP contribution in [0.4, 0.5) is 5.69 Å². The summed E-state index contributed by atoms with van der Waals surface area (Å²) < 4.78 is 11.3. The van der Waals surface area contributed by atoms with Crippen LogP contribution in [0.25, 0.3) is 0 Å². The Labute approximate surface area is 169 Å². The molecular weight excluding hydrogens is 383 g/mol. The molecule has 0 aliphatic carbocycles. The van der Waals surface area contributed by atoms with E-state index in [4.69, 9.17) is 32.7 Å². The van der Waals surface area contributed by atoms with Crippen molar-refractivity contribution in [1.82, 2.24) is 5.43 Å². The average Bonchev–Trinajstić information content (AvgIpc) is 2.68. The van der Waals surface area contributed by atoms with Crippen molar-refractivity contribution in [3.63, 3.8) is 0 Å². The minimum Gasteiger partial charge on any atom is -0.493 e. The minimum absolute atomic E-state index is 0.333. The first-order valence-electron chi connectivity index (χ1n) is 8.43. The molecule has 0 aromatic heterocycles. The van der Waals surface area contributed by atoms with Crippen LogP contribution in [0.3, 0.4) is 0 Å². The van der Waals surface area contributed by atoms with Gasteiger partial charge in [-0.25, -0.2) is 5.43 Å². The fourth-order valence-corrected chi connectivity index (χ4v) is 2.97. The predicted molar refractivity (Wildman–Crippen MR) is 111 cm³/mol. The number of hydrazine groups is 1. The first-order chi connectivity index (χ1) is 13.2. The summed E-state index contributed by atoms with van der Waals surface area (Å²) in [5.74, 6) is 1.32. The van der Waals surface area contributed by atoms with Crippen molar-refractivity contribution in [2.24, 2.45) is 0 Å². The van der Waals surface area contributed by atoms with E-state index in [-0.39, 0.29) is 0 Å². The molecule has 4 nitrogen and oxygen atoms in total. The van der Waals surface area contributed by atoms with Gasteiger partial charge in [-0.1, -0.05) is 53.5 Å². The van der Waals surface area contributed by atoms with Crippen molar-refractivity contribution in [3.8, 4) is 11.5 Å². The van der Waals surface area contributed by atoms with Crippen LogP contribution in [0.1, 0.15) is 11.1 Å². The van der Waals surface area contributed by atoms with Crippen LogP contribution in [0.15, 0.2) is 66.7 Å². The summed E-state index contributed by atoms with van der Waals surface area (Å²) in [4.78, 5) is 0. The molecule has 0 unspecified atom stereocenters. The fraction of sp³-hybridized carbons (Fsp3) is 0.143. The molecule has 0 spiro atoms. The molecule has 0 saturated carbocycles. The number of ether oxygens (including phenoxy) is 2. The molecule has 27 heavy (non-hydrogen) atoms. The average molecular weight is 403 g/mol. The number of hydrogen-bond acceptors (Lipinski definition) is 4. The second kappa shape index (κ2) is 9.51. The zero-order chi connectivity index (χ0) is 19.1. The van der Waals surface area contributed by atoms with E-state index in [1.54, 1.807) is 19.2 Å². The molecule has 2 N–H and O–H groups in total. The Morgan fingerprint density at radius 2 is 1.70 bits per heavy atom. The summed E-state index contributed by atoms with van der Waals surface area (Å²) in [5.41, 5.74) is 9.27. The Kier molecular flexibility index (Phi) is 6.82. The normalized spacial score (nSPS) is 10.5. The zero-order valence-corrected chi connectivity index (χ0v) is 16.3. The van der Waals surface area contributed by atoms with Crippen LogP contribution in [-0.4, -0.2) is 7.11 Å². The number of benzene rings is 3. The van der Waals surface area contributed by atoms with E-state index >= 15 is 0 Å². The van der Waals surface area contributed by atoms with Crippen LogP contribution in [-0.2, 0) is 13.2 Å². The molecule has 0 fully saturated rings. The minimum atomic E-state index is 0.333. The summed E-state index contributed by atoms with van der Waals surface area (Å²) in [7, 11) is 1.62. The largest absolute Gasteiger partial charge is 0.493 e. The van der Waals surface area contributed by atoms with E-state index in [9.17, 15) is 0 Å². The van der Waals surface area contributed by atoms with Gasteiger partial charge in [0.25, 0.3) is 0 Å². The maximum atomic E-state index is 6.19. The third-order valence-electron chi connectivity index (χ3n) is 3.93. The maximum absolute atomic E-state index is 6.19. The predicted octanol–water partition coefficient (Wildman–Crippen LogP) is 5.70. The number of methoxy groups -OCH3 is 1. The first-order valence-corrected chi connectivity index (χ1v) is 9.19. The highest BCUT2D eigenvalue weighted by molar-refractivity contribution is 6.35. The van der Waals surface area contributed by atoms with Gasteiger partial charge in [-0.3, -0.25) is 0 Å². The van der Waals surface area contributed by atoms with Gasteiger partial charge in [-0.2, -0.15) is 0 Å². The smallest absolute Gasteiger partial charge is 0.161 e. The highest BCUT2D eigenvalue weighted by Crippen LogP contribution is 2.30. The molecule has 0 radical (unpaired) electrons.